The fourth-order valence-corrected chi connectivity index (χ4v) is 2.12. The highest BCUT2D eigenvalue weighted by atomic mass is 35.5. The standard InChI is InChI=1S/C12H23NO5.C9H19NO4.C6H14N2O3.C3H6O2.2ClH/c1-5-10(14)17-9-8-16-7-6-13-11(15)18-12(2,3)4;1-9(2,3)14-8(12)10-4-6-13-7-5-11;7-1-2-10-3-4-11-6(9)5-8;1-2-3(4)5;;/h5-9H2,1-4H3,(H,13,15);11H,4-7H2,1-3H3,(H,10,12);1-5,7-8H2;2H2,1H3,(H,4,5);2*1H. The number of aliphatic hydroxyl groups excluding tert-OH is 1. The third-order valence-electron chi connectivity index (χ3n) is 4.07. The lowest BCUT2D eigenvalue weighted by Crippen LogP contribution is -2.34. The molecule has 18 nitrogen and oxygen atoms in total. The Kier molecular flexibility index (Phi) is 48.4. The third kappa shape index (κ3) is 63.9. The lowest BCUT2D eigenvalue weighted by atomic mass is 10.2. The first kappa shape index (κ1) is 59.4. The zero-order chi connectivity index (χ0) is 37.9. The molecular weight excluding hydrogens is 711 g/mol. The monoisotopic (exact) mass is 774 g/mol. The van der Waals surface area contributed by atoms with Crippen molar-refractivity contribution in [1.82, 2.24) is 10.6 Å². The van der Waals surface area contributed by atoms with Gasteiger partial charge in [0.25, 0.3) is 0 Å². The molecule has 0 saturated carbocycles. The van der Waals surface area contributed by atoms with Crippen LogP contribution in [0.25, 0.3) is 0 Å². The number of carbonyl (C=O) groups excluding carboxylic acids is 4. The Hall–Kier alpha value is -2.71. The minimum absolute atomic E-state index is 0. The van der Waals surface area contributed by atoms with Crippen LogP contribution in [0, 0.1) is 0 Å². The van der Waals surface area contributed by atoms with Crippen LogP contribution in [-0.4, -0.2) is 137 Å². The Morgan fingerprint density at radius 2 is 0.980 bits per heavy atom. The molecule has 0 bridgehead atoms. The van der Waals surface area contributed by atoms with Gasteiger partial charge in [0.15, 0.2) is 0 Å². The van der Waals surface area contributed by atoms with Gasteiger partial charge in [-0.3, -0.25) is 14.4 Å². The second kappa shape index (κ2) is 40.7. The second-order valence-corrected chi connectivity index (χ2v) is 11.0. The maximum Gasteiger partial charge on any atom is 0.407 e. The third-order valence-corrected chi connectivity index (χ3v) is 4.07. The minimum Gasteiger partial charge on any atom is -0.481 e. The van der Waals surface area contributed by atoms with E-state index in [0.717, 1.165) is 0 Å². The molecule has 0 saturated heterocycles. The van der Waals surface area contributed by atoms with E-state index in [1.807, 2.05) is 0 Å². The van der Waals surface area contributed by atoms with Crippen LogP contribution in [0.5, 0.6) is 0 Å². The van der Waals surface area contributed by atoms with Crippen LogP contribution in [0.15, 0.2) is 0 Å². The molecule has 0 aliphatic carbocycles. The molecule has 0 unspecified atom stereocenters. The molecule has 0 aromatic rings. The number of hydrogen-bond acceptors (Lipinski definition) is 15. The summed E-state index contributed by atoms with van der Waals surface area (Å²) < 4.78 is 34.5. The molecule has 0 radical (unpaired) electrons. The molecule has 0 spiro atoms. The highest BCUT2D eigenvalue weighted by molar-refractivity contribution is 5.85. The number of aliphatic hydroxyl groups is 1. The first-order valence-electron chi connectivity index (χ1n) is 15.6. The van der Waals surface area contributed by atoms with E-state index in [1.54, 1.807) is 55.4 Å². The summed E-state index contributed by atoms with van der Waals surface area (Å²) >= 11 is 0. The molecule has 0 rings (SSSR count). The Labute approximate surface area is 309 Å². The van der Waals surface area contributed by atoms with Crippen LogP contribution in [-0.2, 0) is 47.5 Å². The molecule has 0 atom stereocenters. The summed E-state index contributed by atoms with van der Waals surface area (Å²) in [5, 5.41) is 21.2. The number of nitrogens with two attached hydrogens (primary N) is 2. The summed E-state index contributed by atoms with van der Waals surface area (Å²) in [6, 6.07) is 0. The number of halogens is 2. The van der Waals surface area contributed by atoms with Gasteiger partial charge in [0.2, 0.25) is 0 Å². The van der Waals surface area contributed by atoms with Crippen LogP contribution < -0.4 is 22.1 Å². The first-order chi connectivity index (χ1) is 22.4. The number of carboxylic acids is 1. The minimum atomic E-state index is -0.745. The van der Waals surface area contributed by atoms with Crippen molar-refractivity contribution in [2.45, 2.75) is 79.4 Å². The first-order valence-corrected chi connectivity index (χ1v) is 15.6. The molecule has 0 aliphatic heterocycles. The number of amides is 2. The van der Waals surface area contributed by atoms with Crippen molar-refractivity contribution in [2.75, 3.05) is 85.6 Å². The zero-order valence-electron chi connectivity index (χ0n) is 30.9. The van der Waals surface area contributed by atoms with Crippen molar-refractivity contribution >= 4 is 54.9 Å². The second-order valence-electron chi connectivity index (χ2n) is 11.0. The summed E-state index contributed by atoms with van der Waals surface area (Å²) in [6.45, 7) is 17.9. The van der Waals surface area contributed by atoms with Crippen LogP contribution in [0.4, 0.5) is 9.59 Å². The van der Waals surface area contributed by atoms with E-state index >= 15 is 0 Å². The number of rotatable bonds is 19. The van der Waals surface area contributed by atoms with Crippen LogP contribution >= 0.6 is 24.8 Å². The molecule has 302 valence electrons. The van der Waals surface area contributed by atoms with Crippen molar-refractivity contribution in [3.05, 3.63) is 0 Å². The number of hydrogen-bond donors (Lipinski definition) is 6. The van der Waals surface area contributed by atoms with Crippen molar-refractivity contribution in [2.24, 2.45) is 11.5 Å². The van der Waals surface area contributed by atoms with Crippen molar-refractivity contribution in [3.63, 3.8) is 0 Å². The van der Waals surface area contributed by atoms with E-state index in [9.17, 15) is 24.0 Å². The molecule has 20 heteroatoms. The van der Waals surface area contributed by atoms with E-state index < -0.39 is 35.3 Å². The highest BCUT2D eigenvalue weighted by Crippen LogP contribution is 2.06. The van der Waals surface area contributed by atoms with E-state index in [0.29, 0.717) is 59.1 Å². The van der Waals surface area contributed by atoms with Gasteiger partial charge in [0, 0.05) is 32.5 Å². The van der Waals surface area contributed by atoms with Gasteiger partial charge in [-0.15, -0.1) is 24.8 Å². The Morgan fingerprint density at radius 1 is 0.600 bits per heavy atom. The van der Waals surface area contributed by atoms with Gasteiger partial charge in [-0.1, -0.05) is 13.8 Å². The average molecular weight is 776 g/mol. The smallest absolute Gasteiger partial charge is 0.407 e. The normalized spacial score (nSPS) is 9.90. The fourth-order valence-electron chi connectivity index (χ4n) is 2.12. The number of aliphatic carboxylic acids is 1. The molecule has 0 aromatic heterocycles. The Bertz CT molecular complexity index is 831. The lowest BCUT2D eigenvalue weighted by Gasteiger charge is -2.19. The largest absolute Gasteiger partial charge is 0.481 e. The van der Waals surface area contributed by atoms with Crippen molar-refractivity contribution < 1.29 is 67.3 Å². The maximum absolute atomic E-state index is 11.2. The molecule has 2 amide bonds. The van der Waals surface area contributed by atoms with Crippen molar-refractivity contribution in [3.8, 4) is 0 Å². The van der Waals surface area contributed by atoms with Gasteiger partial charge in [0.05, 0.1) is 52.8 Å². The lowest BCUT2D eigenvalue weighted by molar-refractivity contribution is -0.145. The topological polar surface area (TPSA) is 267 Å². The molecule has 0 heterocycles. The number of nitrogens with one attached hydrogen (secondary N) is 2. The van der Waals surface area contributed by atoms with E-state index in [4.69, 9.17) is 50.1 Å². The van der Waals surface area contributed by atoms with Crippen molar-refractivity contribution in [1.29, 1.82) is 0 Å². The molecule has 50 heavy (non-hydrogen) atoms. The van der Waals surface area contributed by atoms with E-state index in [2.05, 4.69) is 15.4 Å². The number of carbonyl (C=O) groups is 5. The summed E-state index contributed by atoms with van der Waals surface area (Å²) in [5.74, 6) is -1.41. The number of carboxylic acid groups (broad SMARTS) is 1. The molecule has 0 fully saturated rings. The predicted octanol–water partition coefficient (Wildman–Crippen LogP) is 1.79. The van der Waals surface area contributed by atoms with Gasteiger partial charge >= 0.3 is 30.1 Å². The number of alkyl carbamates (subject to hydrolysis) is 2. The number of ether oxygens (including phenoxy) is 7. The SMILES string of the molecule is CC(C)(C)OC(=O)NCCOCCO.CCC(=O)O.CCC(=O)OCCOCCNC(=O)OC(C)(C)C.Cl.Cl.NCCOCCOC(=O)CN. The van der Waals surface area contributed by atoms with Gasteiger partial charge < -0.3 is 65.5 Å². The van der Waals surface area contributed by atoms with Crippen LogP contribution in [0.2, 0.25) is 0 Å². The molecular formula is C30H64Cl2N4O14. The summed E-state index contributed by atoms with van der Waals surface area (Å²) in [7, 11) is 0. The zero-order valence-corrected chi connectivity index (χ0v) is 32.5. The summed E-state index contributed by atoms with van der Waals surface area (Å²) in [6.07, 6.45) is -0.339. The summed E-state index contributed by atoms with van der Waals surface area (Å²) in [4.78, 5) is 52.8. The summed E-state index contributed by atoms with van der Waals surface area (Å²) in [5.41, 5.74) is 9.14. The number of esters is 2. The molecule has 8 N–H and O–H groups in total. The fraction of sp³-hybridized carbons (Fsp3) is 0.833. The average Bonchev–Trinajstić information content (AvgIpc) is 2.99. The van der Waals surface area contributed by atoms with E-state index in [1.165, 1.54) is 0 Å². The Balaban J connectivity index is -0.000000136. The van der Waals surface area contributed by atoms with Gasteiger partial charge in [-0.05, 0) is 41.5 Å². The molecule has 0 aliphatic rings. The van der Waals surface area contributed by atoms with Gasteiger partial charge in [-0.2, -0.15) is 0 Å². The van der Waals surface area contributed by atoms with Crippen LogP contribution in [0.1, 0.15) is 68.2 Å². The molecule has 0 aromatic carbocycles. The van der Waals surface area contributed by atoms with E-state index in [-0.39, 0.29) is 70.2 Å². The van der Waals surface area contributed by atoms with Gasteiger partial charge in [-0.25, -0.2) is 9.59 Å². The van der Waals surface area contributed by atoms with Gasteiger partial charge in [0.1, 0.15) is 24.4 Å². The predicted molar refractivity (Wildman–Crippen MR) is 191 cm³/mol. The maximum atomic E-state index is 11.2. The Morgan fingerprint density at radius 3 is 1.30 bits per heavy atom. The van der Waals surface area contributed by atoms with Crippen LogP contribution in [0.3, 0.4) is 0 Å². The quantitative estimate of drug-likeness (QED) is 0.0620. The highest BCUT2D eigenvalue weighted by Gasteiger charge is 2.16.